The highest BCUT2D eigenvalue weighted by Crippen LogP contribution is 2.42. The van der Waals surface area contributed by atoms with Gasteiger partial charge in [-0.05, 0) is 25.1 Å². The molecule has 1 aromatic carbocycles. The van der Waals surface area contributed by atoms with Crippen LogP contribution in [0.25, 0.3) is 11.1 Å². The predicted octanol–water partition coefficient (Wildman–Crippen LogP) is 3.03. The number of nitrogens with zero attached hydrogens (tertiary/aromatic N) is 2. The fraction of sp³-hybridized carbons (Fsp3) is 0.333. The molecule has 0 unspecified atom stereocenters. The van der Waals surface area contributed by atoms with Gasteiger partial charge in [0.2, 0.25) is 5.91 Å². The van der Waals surface area contributed by atoms with Crippen LogP contribution >= 0.6 is 0 Å². The van der Waals surface area contributed by atoms with Crippen LogP contribution in [0.15, 0.2) is 18.2 Å². The number of rotatable bonds is 2. The molecule has 7 heteroatoms. The smallest absolute Gasteiger partial charge is 0.341 e. The molecule has 130 valence electrons. The minimum atomic E-state index is -1.16. The van der Waals surface area contributed by atoms with Gasteiger partial charge < -0.3 is 15.2 Å². The second kappa shape index (κ2) is 5.84. The van der Waals surface area contributed by atoms with Crippen molar-refractivity contribution in [1.29, 1.82) is 0 Å². The van der Waals surface area contributed by atoms with Crippen molar-refractivity contribution in [2.45, 2.75) is 34.3 Å². The van der Waals surface area contributed by atoms with Crippen molar-refractivity contribution in [2.75, 3.05) is 5.32 Å². The lowest BCUT2D eigenvalue weighted by atomic mass is 9.94. The van der Waals surface area contributed by atoms with Crippen LogP contribution in [0.3, 0.4) is 0 Å². The van der Waals surface area contributed by atoms with Gasteiger partial charge in [0.05, 0.1) is 11.4 Å². The van der Waals surface area contributed by atoms with Crippen molar-refractivity contribution in [1.82, 2.24) is 10.2 Å². The molecule has 25 heavy (non-hydrogen) atoms. The van der Waals surface area contributed by atoms with E-state index in [0.717, 1.165) is 11.3 Å². The van der Waals surface area contributed by atoms with E-state index in [1.54, 1.807) is 32.9 Å². The highest BCUT2D eigenvalue weighted by molar-refractivity contribution is 6.05. The molecular formula is C18H19N3O4. The highest BCUT2D eigenvalue weighted by atomic mass is 16.5. The maximum absolute atomic E-state index is 12.3. The molecule has 1 aliphatic heterocycles. The Kier molecular flexibility index (Phi) is 3.94. The van der Waals surface area contributed by atoms with Crippen LogP contribution in [-0.4, -0.2) is 27.2 Å². The van der Waals surface area contributed by atoms with Gasteiger partial charge in [0.15, 0.2) is 0 Å². The number of aromatic nitrogens is 2. The molecule has 0 saturated carbocycles. The van der Waals surface area contributed by atoms with E-state index in [1.165, 1.54) is 0 Å². The highest BCUT2D eigenvalue weighted by Gasteiger charge is 2.29. The maximum atomic E-state index is 12.3. The first-order valence-corrected chi connectivity index (χ1v) is 7.86. The molecule has 2 N–H and O–H groups in total. The molecular weight excluding hydrogens is 322 g/mol. The zero-order valence-corrected chi connectivity index (χ0v) is 14.5. The van der Waals surface area contributed by atoms with E-state index in [9.17, 15) is 14.7 Å². The number of amides is 1. The molecule has 1 aliphatic rings. The van der Waals surface area contributed by atoms with E-state index in [4.69, 9.17) is 4.74 Å². The summed E-state index contributed by atoms with van der Waals surface area (Å²) >= 11 is 0. The third-order valence-electron chi connectivity index (χ3n) is 3.94. The third-order valence-corrected chi connectivity index (χ3v) is 3.94. The summed E-state index contributed by atoms with van der Waals surface area (Å²) in [7, 11) is 0. The van der Waals surface area contributed by atoms with Gasteiger partial charge in [0.25, 0.3) is 0 Å². The molecule has 0 radical (unpaired) electrons. The number of hydrogen-bond acceptors (Lipinski definition) is 5. The number of carboxylic acids is 1. The predicted molar refractivity (Wildman–Crippen MR) is 91.6 cm³/mol. The number of aromatic carboxylic acids is 1. The SMILES string of the molecule is Cc1cc2c(nn1)COc1c-2ccc(NC(=O)C(C)(C)C)c1C(=O)O. The Labute approximate surface area is 145 Å². The van der Waals surface area contributed by atoms with E-state index in [1.807, 2.05) is 13.0 Å². The van der Waals surface area contributed by atoms with Crippen LogP contribution in [0, 0.1) is 12.3 Å². The number of carbonyl (C=O) groups excluding carboxylic acids is 1. The first kappa shape index (κ1) is 16.9. The second-order valence-corrected chi connectivity index (χ2v) is 7.01. The van der Waals surface area contributed by atoms with Crippen LogP contribution in [0.1, 0.15) is 42.5 Å². The van der Waals surface area contributed by atoms with E-state index in [2.05, 4.69) is 15.5 Å². The summed E-state index contributed by atoms with van der Waals surface area (Å²) in [5, 5.41) is 20.5. The van der Waals surface area contributed by atoms with Gasteiger partial charge in [-0.15, -0.1) is 0 Å². The summed E-state index contributed by atoms with van der Waals surface area (Å²) in [6, 6.07) is 5.17. The normalized spacial score (nSPS) is 12.6. The second-order valence-electron chi connectivity index (χ2n) is 7.01. The Hall–Kier alpha value is -2.96. The van der Waals surface area contributed by atoms with Crippen molar-refractivity contribution in [3.63, 3.8) is 0 Å². The largest absolute Gasteiger partial charge is 0.486 e. The van der Waals surface area contributed by atoms with Gasteiger partial charge in [0, 0.05) is 16.5 Å². The van der Waals surface area contributed by atoms with Crippen molar-refractivity contribution in [3.05, 3.63) is 35.2 Å². The van der Waals surface area contributed by atoms with Gasteiger partial charge in [-0.25, -0.2) is 4.79 Å². The summed E-state index contributed by atoms with van der Waals surface area (Å²) in [4.78, 5) is 24.1. The summed E-state index contributed by atoms with van der Waals surface area (Å²) in [5.74, 6) is -1.20. The number of benzene rings is 1. The summed E-state index contributed by atoms with van der Waals surface area (Å²) in [6.07, 6.45) is 0. The molecule has 2 aromatic rings. The van der Waals surface area contributed by atoms with Gasteiger partial charge in [-0.3, -0.25) is 4.79 Å². The fourth-order valence-electron chi connectivity index (χ4n) is 2.57. The molecule has 1 aromatic heterocycles. The lowest BCUT2D eigenvalue weighted by Gasteiger charge is -2.24. The Morgan fingerprint density at radius 2 is 1.92 bits per heavy atom. The Morgan fingerprint density at radius 3 is 2.56 bits per heavy atom. The minimum Gasteiger partial charge on any atom is -0.486 e. The molecule has 1 amide bonds. The van der Waals surface area contributed by atoms with Crippen molar-refractivity contribution in [2.24, 2.45) is 5.41 Å². The molecule has 0 spiro atoms. The number of ether oxygens (including phenoxy) is 1. The Bertz CT molecular complexity index is 885. The number of fused-ring (bicyclic) bond motifs is 3. The number of anilines is 1. The Balaban J connectivity index is 2.14. The van der Waals surface area contributed by atoms with Crippen LogP contribution in [0.2, 0.25) is 0 Å². The lowest BCUT2D eigenvalue weighted by molar-refractivity contribution is -0.123. The molecule has 0 bridgehead atoms. The molecule has 7 nitrogen and oxygen atoms in total. The van der Waals surface area contributed by atoms with E-state index in [-0.39, 0.29) is 29.5 Å². The van der Waals surface area contributed by atoms with E-state index >= 15 is 0 Å². The number of aryl methyl sites for hydroxylation is 1. The third kappa shape index (κ3) is 3.05. The molecule has 0 fully saturated rings. The monoisotopic (exact) mass is 341 g/mol. The fourth-order valence-corrected chi connectivity index (χ4v) is 2.57. The maximum Gasteiger partial charge on any atom is 0.341 e. The van der Waals surface area contributed by atoms with Gasteiger partial charge in [-0.2, -0.15) is 10.2 Å². The molecule has 3 rings (SSSR count). The molecule has 0 saturated heterocycles. The van der Waals surface area contributed by atoms with Crippen molar-refractivity contribution in [3.8, 4) is 16.9 Å². The minimum absolute atomic E-state index is 0.0600. The van der Waals surface area contributed by atoms with Crippen molar-refractivity contribution >= 4 is 17.6 Å². The quantitative estimate of drug-likeness (QED) is 0.870. The van der Waals surface area contributed by atoms with Gasteiger partial charge in [0.1, 0.15) is 23.6 Å². The Morgan fingerprint density at radius 1 is 1.20 bits per heavy atom. The van der Waals surface area contributed by atoms with Crippen LogP contribution in [-0.2, 0) is 11.4 Å². The average molecular weight is 341 g/mol. The molecule has 0 atom stereocenters. The zero-order valence-electron chi connectivity index (χ0n) is 14.5. The van der Waals surface area contributed by atoms with Gasteiger partial charge in [-0.1, -0.05) is 20.8 Å². The number of carboxylic acid groups (broad SMARTS) is 1. The van der Waals surface area contributed by atoms with Crippen LogP contribution in [0.4, 0.5) is 5.69 Å². The van der Waals surface area contributed by atoms with Gasteiger partial charge >= 0.3 is 5.97 Å². The van der Waals surface area contributed by atoms with E-state index in [0.29, 0.717) is 11.3 Å². The molecule has 2 heterocycles. The average Bonchev–Trinajstić information content (AvgIpc) is 2.52. The lowest BCUT2D eigenvalue weighted by Crippen LogP contribution is -2.28. The van der Waals surface area contributed by atoms with Crippen LogP contribution in [0.5, 0.6) is 5.75 Å². The summed E-state index contributed by atoms with van der Waals surface area (Å²) in [5.41, 5.74) is 2.32. The topological polar surface area (TPSA) is 101 Å². The first-order valence-electron chi connectivity index (χ1n) is 7.86. The molecule has 0 aliphatic carbocycles. The number of hydrogen-bond donors (Lipinski definition) is 2. The van der Waals surface area contributed by atoms with Crippen molar-refractivity contribution < 1.29 is 19.4 Å². The number of nitrogens with one attached hydrogen (secondary N) is 1. The summed E-state index contributed by atoms with van der Waals surface area (Å²) in [6.45, 7) is 7.23. The zero-order chi connectivity index (χ0) is 18.4. The summed E-state index contributed by atoms with van der Waals surface area (Å²) < 4.78 is 5.66. The van der Waals surface area contributed by atoms with Crippen LogP contribution < -0.4 is 10.1 Å². The number of carbonyl (C=O) groups is 2. The first-order chi connectivity index (χ1) is 11.7. The standard InChI is InChI=1S/C18H19N3O4/c1-9-7-11-10-5-6-12(19-17(24)18(2,3)4)14(16(22)23)15(10)25-8-13(11)21-20-9/h5-7H,8H2,1-4H3,(H,19,24)(H,22,23). The van der Waals surface area contributed by atoms with E-state index < -0.39 is 11.4 Å².